The molecule has 0 spiro atoms. The first-order valence-corrected chi connectivity index (χ1v) is 19.2. The SMILES string of the molecule is CCCCCCCCCCCCCCCCCCOP(=O)(O)OCCCCCCCCCCCCCCCC.[H-].[Na+]. The summed E-state index contributed by atoms with van der Waals surface area (Å²) >= 11 is 0. The predicted octanol–water partition coefficient (Wildman–Crippen LogP) is 9.98. The van der Waals surface area contributed by atoms with Gasteiger partial charge in [0, 0.05) is 0 Å². The molecule has 0 rings (SSSR count). The van der Waals surface area contributed by atoms with Crippen molar-refractivity contribution in [3.8, 4) is 0 Å². The van der Waals surface area contributed by atoms with E-state index in [0.29, 0.717) is 13.2 Å². The largest absolute Gasteiger partial charge is 1.00 e. The third-order valence-corrected chi connectivity index (χ3v) is 9.02. The number of rotatable bonds is 34. The summed E-state index contributed by atoms with van der Waals surface area (Å²) in [5, 5.41) is 0. The summed E-state index contributed by atoms with van der Waals surface area (Å²) in [6.45, 7) is 5.20. The first-order valence-electron chi connectivity index (χ1n) is 17.7. The Balaban J connectivity index is -0.00000722. The molecule has 238 valence electrons. The van der Waals surface area contributed by atoms with Crippen molar-refractivity contribution in [1.82, 2.24) is 0 Å². The maximum Gasteiger partial charge on any atom is 1.00 e. The Hall–Kier alpha value is 1.11. The molecule has 0 bridgehead atoms. The van der Waals surface area contributed by atoms with Gasteiger partial charge in [-0.05, 0) is 12.8 Å². The van der Waals surface area contributed by atoms with Crippen LogP contribution in [-0.4, -0.2) is 18.1 Å². The zero-order valence-electron chi connectivity index (χ0n) is 28.7. The molecule has 0 aliphatic heterocycles. The molecule has 0 radical (unpaired) electrons. The monoisotopic (exact) mass is 599 g/mol. The van der Waals surface area contributed by atoms with Crippen LogP contribution in [0.2, 0.25) is 0 Å². The summed E-state index contributed by atoms with van der Waals surface area (Å²) in [6, 6.07) is 0. The molecule has 0 aromatic rings. The Morgan fingerprint density at radius 1 is 0.400 bits per heavy atom. The van der Waals surface area contributed by atoms with E-state index in [2.05, 4.69) is 13.8 Å². The van der Waals surface area contributed by atoms with Crippen molar-refractivity contribution in [1.29, 1.82) is 0 Å². The minimum atomic E-state index is -3.87. The van der Waals surface area contributed by atoms with Crippen molar-refractivity contribution in [2.75, 3.05) is 13.2 Å². The molecular weight excluding hydrogens is 526 g/mol. The molecule has 1 atom stereocenters. The van der Waals surface area contributed by atoms with E-state index in [0.717, 1.165) is 25.7 Å². The minimum absolute atomic E-state index is 0. The molecule has 0 aromatic heterocycles. The molecular formula is C34H72NaO4P. The fourth-order valence-electron chi connectivity index (χ4n) is 5.34. The fraction of sp³-hybridized carbons (Fsp3) is 1.00. The van der Waals surface area contributed by atoms with E-state index < -0.39 is 7.82 Å². The Labute approximate surface area is 275 Å². The van der Waals surface area contributed by atoms with Gasteiger partial charge in [0.15, 0.2) is 0 Å². The molecule has 1 unspecified atom stereocenters. The van der Waals surface area contributed by atoms with E-state index in [-0.39, 0.29) is 31.0 Å². The van der Waals surface area contributed by atoms with Gasteiger partial charge >= 0.3 is 37.4 Å². The summed E-state index contributed by atoms with van der Waals surface area (Å²) in [5.41, 5.74) is 0. The van der Waals surface area contributed by atoms with Gasteiger partial charge in [-0.2, -0.15) is 0 Å². The molecule has 0 aliphatic carbocycles. The predicted molar refractivity (Wildman–Crippen MR) is 173 cm³/mol. The van der Waals surface area contributed by atoms with Crippen molar-refractivity contribution in [2.24, 2.45) is 0 Å². The molecule has 0 saturated heterocycles. The van der Waals surface area contributed by atoms with Crippen molar-refractivity contribution in [2.45, 2.75) is 206 Å². The van der Waals surface area contributed by atoms with Gasteiger partial charge in [0.05, 0.1) is 13.2 Å². The first kappa shape index (κ1) is 43.2. The van der Waals surface area contributed by atoms with Crippen LogP contribution in [-0.2, 0) is 13.6 Å². The van der Waals surface area contributed by atoms with Crippen molar-refractivity contribution in [3.63, 3.8) is 0 Å². The smallest absolute Gasteiger partial charge is 1.00 e. The van der Waals surface area contributed by atoms with Crippen LogP contribution in [0, 0.1) is 0 Å². The van der Waals surface area contributed by atoms with Crippen LogP contribution in [0.3, 0.4) is 0 Å². The Bertz CT molecular complexity index is 513. The van der Waals surface area contributed by atoms with Crippen LogP contribution in [0.25, 0.3) is 0 Å². The molecule has 6 heteroatoms. The molecule has 0 aromatic carbocycles. The van der Waals surface area contributed by atoms with Gasteiger partial charge in [-0.15, -0.1) is 0 Å². The molecule has 0 saturated carbocycles. The fourth-order valence-corrected chi connectivity index (χ4v) is 6.14. The van der Waals surface area contributed by atoms with Crippen LogP contribution in [0.4, 0.5) is 0 Å². The van der Waals surface area contributed by atoms with E-state index in [1.807, 2.05) is 0 Å². The van der Waals surface area contributed by atoms with Gasteiger partial charge in [-0.3, -0.25) is 9.05 Å². The Morgan fingerprint density at radius 3 is 0.775 bits per heavy atom. The second kappa shape index (κ2) is 36.3. The first-order chi connectivity index (χ1) is 19.1. The van der Waals surface area contributed by atoms with Crippen LogP contribution < -0.4 is 29.6 Å². The maximum atomic E-state index is 12.0. The second-order valence-electron chi connectivity index (χ2n) is 12.0. The summed E-state index contributed by atoms with van der Waals surface area (Å²) in [4.78, 5) is 9.85. The normalized spacial score (nSPS) is 12.9. The number of hydrogen-bond acceptors (Lipinski definition) is 3. The summed E-state index contributed by atoms with van der Waals surface area (Å²) < 4.78 is 22.3. The van der Waals surface area contributed by atoms with Crippen molar-refractivity contribution < 1.29 is 49.5 Å². The minimum Gasteiger partial charge on any atom is -1.00 e. The number of phosphoric ester groups is 1. The van der Waals surface area contributed by atoms with Gasteiger partial charge in [-0.1, -0.05) is 194 Å². The Kier molecular flexibility index (Phi) is 39.2. The standard InChI is InChI=1S/C34H71O4P.Na.H/c1-3-5-7-9-11-13-15-17-19-20-22-24-26-28-30-32-34-38-39(35,36)37-33-31-29-27-25-23-21-18-16-14-12-10-8-6-4-2;;/h3-34H2,1-2H3,(H,35,36);;/q;+1;-1. The van der Waals surface area contributed by atoms with E-state index in [4.69, 9.17) is 9.05 Å². The maximum absolute atomic E-state index is 12.0. The van der Waals surface area contributed by atoms with Gasteiger partial charge < -0.3 is 6.32 Å². The van der Waals surface area contributed by atoms with Gasteiger partial charge in [-0.25, -0.2) is 4.57 Å². The quantitative estimate of drug-likeness (QED) is 0.0455. The summed E-state index contributed by atoms with van der Waals surface area (Å²) in [7, 11) is -3.87. The van der Waals surface area contributed by atoms with Gasteiger partial charge in [0.2, 0.25) is 0 Å². The number of unbranched alkanes of at least 4 members (excludes halogenated alkanes) is 28. The third kappa shape index (κ3) is 37.1. The third-order valence-electron chi connectivity index (χ3n) is 8.00. The van der Waals surface area contributed by atoms with Crippen molar-refractivity contribution >= 4 is 7.82 Å². The molecule has 0 fully saturated rings. The van der Waals surface area contributed by atoms with Crippen LogP contribution in [0.15, 0.2) is 0 Å². The van der Waals surface area contributed by atoms with E-state index in [9.17, 15) is 9.46 Å². The molecule has 0 aliphatic rings. The van der Waals surface area contributed by atoms with E-state index in [1.165, 1.54) is 167 Å². The topological polar surface area (TPSA) is 55.8 Å². The summed E-state index contributed by atoms with van der Waals surface area (Å²) in [6.07, 6.45) is 39.3. The molecule has 40 heavy (non-hydrogen) atoms. The van der Waals surface area contributed by atoms with Crippen LogP contribution in [0.5, 0.6) is 0 Å². The van der Waals surface area contributed by atoms with Crippen LogP contribution in [0.1, 0.15) is 208 Å². The number of hydrogen-bond donors (Lipinski definition) is 1. The average molecular weight is 599 g/mol. The van der Waals surface area contributed by atoms with Gasteiger partial charge in [0.1, 0.15) is 0 Å². The molecule has 0 amide bonds. The molecule has 1 N–H and O–H groups in total. The zero-order valence-corrected chi connectivity index (χ0v) is 30.6. The number of phosphoric acid groups is 1. The molecule has 0 heterocycles. The molecule has 4 nitrogen and oxygen atoms in total. The summed E-state index contributed by atoms with van der Waals surface area (Å²) in [5.74, 6) is 0. The average Bonchev–Trinajstić information content (AvgIpc) is 2.92. The second-order valence-corrected chi connectivity index (χ2v) is 13.5. The van der Waals surface area contributed by atoms with Crippen LogP contribution >= 0.6 is 7.82 Å². The van der Waals surface area contributed by atoms with E-state index >= 15 is 0 Å². The van der Waals surface area contributed by atoms with Crippen molar-refractivity contribution in [3.05, 3.63) is 0 Å². The van der Waals surface area contributed by atoms with Gasteiger partial charge in [0.25, 0.3) is 0 Å². The van der Waals surface area contributed by atoms with E-state index in [1.54, 1.807) is 0 Å². The Morgan fingerprint density at radius 2 is 0.575 bits per heavy atom. The zero-order chi connectivity index (χ0) is 28.5.